The molecule has 3 heteroatoms. The Morgan fingerprint density at radius 3 is 2.33 bits per heavy atom. The molecule has 1 heterocycles. The van der Waals surface area contributed by atoms with Crippen molar-refractivity contribution in [3.8, 4) is 0 Å². The molecule has 0 radical (unpaired) electrons. The first kappa shape index (κ1) is 8.97. The van der Waals surface area contributed by atoms with Crippen molar-refractivity contribution in [3.05, 3.63) is 23.6 Å². The molecular weight excluding hydrogens is 155 g/mol. The molecule has 0 amide bonds. The van der Waals surface area contributed by atoms with E-state index in [2.05, 4.69) is 4.98 Å². The summed E-state index contributed by atoms with van der Waals surface area (Å²) in [4.78, 5) is 3.46. The highest BCUT2D eigenvalue weighted by molar-refractivity contribution is 5.35. The first-order chi connectivity index (χ1) is 5.39. The van der Waals surface area contributed by atoms with Gasteiger partial charge in [0.05, 0.1) is 0 Å². The minimum Gasteiger partial charge on any atom is -0.384 e. The summed E-state index contributed by atoms with van der Waals surface area (Å²) < 4.78 is 12.8. The number of pyridine rings is 1. The van der Waals surface area contributed by atoms with Crippen LogP contribution in [0.2, 0.25) is 0 Å². The highest BCUT2D eigenvalue weighted by Crippen LogP contribution is 2.23. The number of nitrogen functional groups attached to an aromatic ring is 1. The Balaban J connectivity index is 3.18. The maximum absolute atomic E-state index is 12.8. The van der Waals surface area contributed by atoms with Gasteiger partial charge in [-0.1, -0.05) is 20.8 Å². The van der Waals surface area contributed by atoms with Crippen LogP contribution in [0, 0.1) is 5.95 Å². The standard InChI is InChI=1S/C9H13FN2/c1-9(2,3)6-4-7(10)12-8(11)5-6/h4-5H,1-3H3,(H2,11,12). The molecule has 0 spiro atoms. The van der Waals surface area contributed by atoms with Crippen molar-refractivity contribution in [3.63, 3.8) is 0 Å². The second-order valence-electron chi connectivity index (χ2n) is 3.85. The summed E-state index contributed by atoms with van der Waals surface area (Å²) in [6.45, 7) is 6.00. The van der Waals surface area contributed by atoms with Gasteiger partial charge < -0.3 is 5.73 Å². The molecule has 0 atom stereocenters. The van der Waals surface area contributed by atoms with Crippen molar-refractivity contribution in [2.24, 2.45) is 0 Å². The summed E-state index contributed by atoms with van der Waals surface area (Å²) in [6, 6.07) is 3.11. The van der Waals surface area contributed by atoms with Crippen molar-refractivity contribution in [1.82, 2.24) is 4.98 Å². The van der Waals surface area contributed by atoms with Crippen molar-refractivity contribution in [2.45, 2.75) is 26.2 Å². The van der Waals surface area contributed by atoms with E-state index in [-0.39, 0.29) is 11.2 Å². The molecule has 0 aliphatic heterocycles. The average Bonchev–Trinajstić information content (AvgIpc) is 1.82. The van der Waals surface area contributed by atoms with Gasteiger partial charge in [-0.3, -0.25) is 0 Å². The molecule has 0 saturated heterocycles. The van der Waals surface area contributed by atoms with Crippen LogP contribution in [0.1, 0.15) is 26.3 Å². The normalized spacial score (nSPS) is 11.7. The fraction of sp³-hybridized carbons (Fsp3) is 0.444. The van der Waals surface area contributed by atoms with Crippen LogP contribution in [0.3, 0.4) is 0 Å². The molecule has 2 N–H and O–H groups in total. The molecule has 1 rings (SSSR count). The monoisotopic (exact) mass is 168 g/mol. The van der Waals surface area contributed by atoms with Gasteiger partial charge in [0.2, 0.25) is 5.95 Å². The zero-order valence-electron chi connectivity index (χ0n) is 7.56. The highest BCUT2D eigenvalue weighted by atomic mass is 19.1. The van der Waals surface area contributed by atoms with Crippen LogP contribution in [0.25, 0.3) is 0 Å². The Labute approximate surface area is 71.6 Å². The maximum atomic E-state index is 12.8. The molecule has 2 nitrogen and oxygen atoms in total. The topological polar surface area (TPSA) is 38.9 Å². The predicted molar refractivity (Wildman–Crippen MR) is 47.3 cm³/mol. The number of rotatable bonds is 0. The second-order valence-corrected chi connectivity index (χ2v) is 3.85. The molecule has 66 valence electrons. The fourth-order valence-electron chi connectivity index (χ4n) is 0.950. The van der Waals surface area contributed by atoms with Gasteiger partial charge in [0.1, 0.15) is 5.82 Å². The van der Waals surface area contributed by atoms with Gasteiger partial charge >= 0.3 is 0 Å². The summed E-state index contributed by atoms with van der Waals surface area (Å²) in [6.07, 6.45) is 0. The van der Waals surface area contributed by atoms with Crippen LogP contribution < -0.4 is 5.73 Å². The number of hydrogen-bond donors (Lipinski definition) is 1. The third-order valence-electron chi connectivity index (χ3n) is 1.68. The van der Waals surface area contributed by atoms with Crippen molar-refractivity contribution in [2.75, 3.05) is 5.73 Å². The van der Waals surface area contributed by atoms with E-state index in [0.717, 1.165) is 5.56 Å². The van der Waals surface area contributed by atoms with Crippen molar-refractivity contribution in [1.29, 1.82) is 0 Å². The third-order valence-corrected chi connectivity index (χ3v) is 1.68. The highest BCUT2D eigenvalue weighted by Gasteiger charge is 2.15. The van der Waals surface area contributed by atoms with Gasteiger partial charge in [-0.05, 0) is 23.1 Å². The van der Waals surface area contributed by atoms with Gasteiger partial charge in [0.15, 0.2) is 0 Å². The number of aromatic nitrogens is 1. The molecule has 1 aromatic heterocycles. The van der Waals surface area contributed by atoms with Gasteiger partial charge in [-0.2, -0.15) is 4.39 Å². The van der Waals surface area contributed by atoms with E-state index in [1.165, 1.54) is 6.07 Å². The minimum absolute atomic E-state index is 0.0854. The Hall–Kier alpha value is -1.12. The minimum atomic E-state index is -0.514. The number of hydrogen-bond acceptors (Lipinski definition) is 2. The van der Waals surface area contributed by atoms with Crippen LogP contribution in [-0.4, -0.2) is 4.98 Å². The molecular formula is C9H13FN2. The lowest BCUT2D eigenvalue weighted by Gasteiger charge is -2.18. The van der Waals surface area contributed by atoms with Gasteiger partial charge in [0, 0.05) is 0 Å². The molecule has 0 aromatic carbocycles. The van der Waals surface area contributed by atoms with E-state index in [9.17, 15) is 4.39 Å². The number of halogens is 1. The Bertz CT molecular complexity index is 269. The zero-order valence-corrected chi connectivity index (χ0v) is 7.56. The van der Waals surface area contributed by atoms with Gasteiger partial charge in [0.25, 0.3) is 0 Å². The van der Waals surface area contributed by atoms with Crippen LogP contribution >= 0.6 is 0 Å². The predicted octanol–water partition coefficient (Wildman–Crippen LogP) is 2.10. The molecule has 0 unspecified atom stereocenters. The van der Waals surface area contributed by atoms with Crippen molar-refractivity contribution >= 4 is 5.82 Å². The van der Waals surface area contributed by atoms with E-state index in [1.807, 2.05) is 20.8 Å². The van der Waals surface area contributed by atoms with Crippen LogP contribution in [0.15, 0.2) is 12.1 Å². The third kappa shape index (κ3) is 1.94. The molecule has 0 bridgehead atoms. The lowest BCUT2D eigenvalue weighted by molar-refractivity contribution is 0.553. The van der Waals surface area contributed by atoms with E-state index in [0.29, 0.717) is 0 Å². The Morgan fingerprint density at radius 2 is 1.92 bits per heavy atom. The molecule has 0 aliphatic rings. The molecule has 0 fully saturated rings. The SMILES string of the molecule is CC(C)(C)c1cc(N)nc(F)c1. The van der Waals surface area contributed by atoms with E-state index >= 15 is 0 Å². The quantitative estimate of drug-likeness (QED) is 0.602. The summed E-state index contributed by atoms with van der Waals surface area (Å²) in [7, 11) is 0. The average molecular weight is 168 g/mol. The fourth-order valence-corrected chi connectivity index (χ4v) is 0.950. The van der Waals surface area contributed by atoms with E-state index < -0.39 is 5.95 Å². The lowest BCUT2D eigenvalue weighted by atomic mass is 9.88. The van der Waals surface area contributed by atoms with Crippen LogP contribution in [0.5, 0.6) is 0 Å². The van der Waals surface area contributed by atoms with Gasteiger partial charge in [-0.15, -0.1) is 0 Å². The number of nitrogens with two attached hydrogens (primary N) is 1. The summed E-state index contributed by atoms with van der Waals surface area (Å²) in [5.41, 5.74) is 6.19. The lowest BCUT2D eigenvalue weighted by Crippen LogP contribution is -2.12. The summed E-state index contributed by atoms with van der Waals surface area (Å²) in [5, 5.41) is 0. The first-order valence-electron chi connectivity index (χ1n) is 3.83. The molecule has 0 saturated carbocycles. The Kier molecular flexibility index (Phi) is 2.04. The summed E-state index contributed by atoms with van der Waals surface area (Å²) in [5.74, 6) is -0.278. The smallest absolute Gasteiger partial charge is 0.215 e. The second kappa shape index (κ2) is 2.73. The van der Waals surface area contributed by atoms with Crippen LogP contribution in [-0.2, 0) is 5.41 Å². The van der Waals surface area contributed by atoms with E-state index in [1.54, 1.807) is 6.07 Å². The van der Waals surface area contributed by atoms with E-state index in [4.69, 9.17) is 5.73 Å². The number of nitrogens with zero attached hydrogens (tertiary/aromatic N) is 1. The Morgan fingerprint density at radius 1 is 1.33 bits per heavy atom. The molecule has 12 heavy (non-hydrogen) atoms. The molecule has 1 aromatic rings. The zero-order chi connectivity index (χ0) is 9.35. The summed E-state index contributed by atoms with van der Waals surface area (Å²) >= 11 is 0. The molecule has 0 aliphatic carbocycles. The first-order valence-corrected chi connectivity index (χ1v) is 3.83. The van der Waals surface area contributed by atoms with Gasteiger partial charge in [-0.25, -0.2) is 4.98 Å². The van der Waals surface area contributed by atoms with Crippen LogP contribution in [0.4, 0.5) is 10.2 Å². The maximum Gasteiger partial charge on any atom is 0.215 e. The van der Waals surface area contributed by atoms with Crippen molar-refractivity contribution < 1.29 is 4.39 Å². The number of anilines is 1. The largest absolute Gasteiger partial charge is 0.384 e.